The molecule has 0 radical (unpaired) electrons. The second-order valence-corrected chi connectivity index (χ2v) is 9.22. The molecule has 3 amide bonds. The van der Waals surface area contributed by atoms with Crippen LogP contribution in [-0.4, -0.2) is 85.4 Å². The summed E-state index contributed by atoms with van der Waals surface area (Å²) < 4.78 is 6.16. The first-order valence-corrected chi connectivity index (χ1v) is 11.3. The van der Waals surface area contributed by atoms with Crippen molar-refractivity contribution < 1.29 is 19.1 Å². The molecule has 0 aliphatic carbocycles. The summed E-state index contributed by atoms with van der Waals surface area (Å²) in [5.41, 5.74) is 1.97. The Bertz CT molecular complexity index is 1040. The van der Waals surface area contributed by atoms with Crippen LogP contribution < -0.4 is 0 Å². The van der Waals surface area contributed by atoms with Crippen molar-refractivity contribution in [3.8, 4) is 11.1 Å². The van der Waals surface area contributed by atoms with E-state index in [1.54, 1.807) is 30.9 Å². The van der Waals surface area contributed by atoms with Crippen LogP contribution in [0.15, 0.2) is 54.6 Å². The number of likely N-dealkylation sites (tertiary alicyclic amines) is 1. The van der Waals surface area contributed by atoms with Gasteiger partial charge in [0, 0.05) is 47.1 Å². The molecule has 0 bridgehead atoms. The number of nitrogens with zero attached hydrogens (tertiary/aromatic N) is 3. The van der Waals surface area contributed by atoms with Crippen LogP contribution in [0.3, 0.4) is 0 Å². The molecular weight excluding hydrogens is 418 g/mol. The molecule has 2 aliphatic heterocycles. The Hall–Kier alpha value is -3.19. The molecule has 0 saturated carbocycles. The van der Waals surface area contributed by atoms with Crippen LogP contribution >= 0.6 is 0 Å². The van der Waals surface area contributed by atoms with Crippen LogP contribution in [0.2, 0.25) is 0 Å². The third-order valence-electron chi connectivity index (χ3n) is 6.51. The van der Waals surface area contributed by atoms with Gasteiger partial charge in [0.05, 0.1) is 19.1 Å². The molecule has 0 aromatic heterocycles. The number of benzene rings is 2. The second-order valence-electron chi connectivity index (χ2n) is 9.22. The van der Waals surface area contributed by atoms with Crippen LogP contribution in [0, 0.1) is 5.92 Å². The second kappa shape index (κ2) is 9.35. The Morgan fingerprint density at radius 3 is 2.48 bits per heavy atom. The van der Waals surface area contributed by atoms with E-state index < -0.39 is 5.60 Å². The van der Waals surface area contributed by atoms with Gasteiger partial charge in [-0.2, -0.15) is 0 Å². The van der Waals surface area contributed by atoms with Gasteiger partial charge in [-0.05, 0) is 16.7 Å². The molecule has 7 heteroatoms. The summed E-state index contributed by atoms with van der Waals surface area (Å²) in [6.45, 7) is 1.29. The van der Waals surface area contributed by atoms with Gasteiger partial charge in [-0.3, -0.25) is 14.4 Å². The maximum absolute atomic E-state index is 13.4. The number of carbonyl (C=O) groups excluding carboxylic acids is 3. The zero-order valence-corrected chi connectivity index (χ0v) is 19.5. The first kappa shape index (κ1) is 23.0. The van der Waals surface area contributed by atoms with E-state index in [4.69, 9.17) is 4.74 Å². The van der Waals surface area contributed by atoms with Crippen LogP contribution in [0.5, 0.6) is 0 Å². The minimum absolute atomic E-state index is 0.0185. The monoisotopic (exact) mass is 449 g/mol. The highest BCUT2D eigenvalue weighted by Crippen LogP contribution is 2.29. The fourth-order valence-corrected chi connectivity index (χ4v) is 4.80. The van der Waals surface area contributed by atoms with Gasteiger partial charge in [-0.25, -0.2) is 0 Å². The minimum Gasteiger partial charge on any atom is -0.361 e. The summed E-state index contributed by atoms with van der Waals surface area (Å²) in [4.78, 5) is 43.4. The molecular formula is C26H31N3O4. The van der Waals surface area contributed by atoms with Crippen LogP contribution in [0.25, 0.3) is 11.1 Å². The molecule has 2 fully saturated rings. The molecule has 2 heterocycles. The Morgan fingerprint density at radius 1 is 1.09 bits per heavy atom. The zero-order chi connectivity index (χ0) is 23.6. The van der Waals surface area contributed by atoms with Crippen molar-refractivity contribution in [2.24, 2.45) is 5.92 Å². The van der Waals surface area contributed by atoms with Crippen molar-refractivity contribution in [3.63, 3.8) is 0 Å². The van der Waals surface area contributed by atoms with Crippen molar-refractivity contribution in [1.29, 1.82) is 0 Å². The fraction of sp³-hybridized carbons (Fsp3) is 0.423. The van der Waals surface area contributed by atoms with E-state index in [0.29, 0.717) is 19.5 Å². The Morgan fingerprint density at radius 2 is 1.82 bits per heavy atom. The van der Waals surface area contributed by atoms with E-state index in [1.165, 1.54) is 4.90 Å². The average Bonchev–Trinajstić information content (AvgIpc) is 3.17. The van der Waals surface area contributed by atoms with Gasteiger partial charge in [0.2, 0.25) is 11.8 Å². The number of rotatable bonds is 5. The molecule has 7 nitrogen and oxygen atoms in total. The molecule has 2 aromatic rings. The molecule has 2 aliphatic rings. The third kappa shape index (κ3) is 4.78. The molecule has 2 saturated heterocycles. The van der Waals surface area contributed by atoms with Crippen LogP contribution in [0.4, 0.5) is 0 Å². The summed E-state index contributed by atoms with van der Waals surface area (Å²) in [6.07, 6.45) is 0.582. The largest absolute Gasteiger partial charge is 0.361 e. The van der Waals surface area contributed by atoms with Gasteiger partial charge < -0.3 is 19.4 Å². The average molecular weight is 450 g/mol. The highest BCUT2D eigenvalue weighted by atomic mass is 16.5. The van der Waals surface area contributed by atoms with E-state index in [-0.39, 0.29) is 43.2 Å². The lowest BCUT2D eigenvalue weighted by molar-refractivity contribution is -0.173. The standard InChI is InChI=1S/C26H31N3O4/c1-27(2)25(32)26(16-19-8-7-11-21(14-19)20-9-5-4-6-10-20)18-29(12-13-33-26)24(31)22-15-23(30)28(3)17-22/h4-11,14,22H,12-13,15-18H2,1-3H3. The van der Waals surface area contributed by atoms with Crippen molar-refractivity contribution >= 4 is 17.7 Å². The smallest absolute Gasteiger partial charge is 0.256 e. The lowest BCUT2D eigenvalue weighted by atomic mass is 9.89. The Balaban J connectivity index is 1.60. The molecule has 2 unspecified atom stereocenters. The number of carbonyl (C=O) groups is 3. The van der Waals surface area contributed by atoms with Gasteiger partial charge in [0.1, 0.15) is 0 Å². The van der Waals surface area contributed by atoms with Gasteiger partial charge in [-0.15, -0.1) is 0 Å². The van der Waals surface area contributed by atoms with Crippen molar-refractivity contribution in [2.45, 2.75) is 18.4 Å². The predicted molar refractivity (Wildman–Crippen MR) is 125 cm³/mol. The maximum Gasteiger partial charge on any atom is 0.256 e. The Kier molecular flexibility index (Phi) is 6.51. The topological polar surface area (TPSA) is 70.2 Å². The lowest BCUT2D eigenvalue weighted by Gasteiger charge is -2.43. The van der Waals surface area contributed by atoms with Gasteiger partial charge >= 0.3 is 0 Å². The summed E-state index contributed by atoms with van der Waals surface area (Å²) in [7, 11) is 5.13. The summed E-state index contributed by atoms with van der Waals surface area (Å²) >= 11 is 0. The molecule has 0 N–H and O–H groups in total. The molecule has 2 aromatic carbocycles. The normalized spacial score (nSPS) is 23.0. The highest BCUT2D eigenvalue weighted by molar-refractivity contribution is 5.91. The quantitative estimate of drug-likeness (QED) is 0.701. The summed E-state index contributed by atoms with van der Waals surface area (Å²) in [5.74, 6) is -0.626. The molecule has 174 valence electrons. The maximum atomic E-state index is 13.4. The fourth-order valence-electron chi connectivity index (χ4n) is 4.80. The summed E-state index contributed by atoms with van der Waals surface area (Å²) in [6, 6.07) is 18.2. The van der Waals surface area contributed by atoms with E-state index >= 15 is 0 Å². The zero-order valence-electron chi connectivity index (χ0n) is 19.5. The molecule has 33 heavy (non-hydrogen) atoms. The van der Waals surface area contributed by atoms with E-state index in [2.05, 4.69) is 18.2 Å². The van der Waals surface area contributed by atoms with Crippen molar-refractivity contribution in [3.05, 3.63) is 60.2 Å². The van der Waals surface area contributed by atoms with Gasteiger partial charge in [0.25, 0.3) is 5.91 Å². The minimum atomic E-state index is -1.17. The van der Waals surface area contributed by atoms with Gasteiger partial charge in [-0.1, -0.05) is 54.6 Å². The van der Waals surface area contributed by atoms with Crippen molar-refractivity contribution in [1.82, 2.24) is 14.7 Å². The first-order chi connectivity index (χ1) is 15.8. The SMILES string of the molecule is CN(C)C(=O)C1(Cc2cccc(-c3ccccc3)c2)CN(C(=O)C2CC(=O)N(C)C2)CCO1. The predicted octanol–water partition coefficient (Wildman–Crippen LogP) is 2.06. The lowest BCUT2D eigenvalue weighted by Crippen LogP contribution is -2.62. The Labute approximate surface area is 194 Å². The number of amides is 3. The van der Waals surface area contributed by atoms with Gasteiger partial charge in [0.15, 0.2) is 5.60 Å². The third-order valence-corrected chi connectivity index (χ3v) is 6.51. The van der Waals surface area contributed by atoms with Crippen LogP contribution in [-0.2, 0) is 25.5 Å². The van der Waals surface area contributed by atoms with E-state index in [9.17, 15) is 14.4 Å². The number of hydrogen-bond acceptors (Lipinski definition) is 4. The number of morpholine rings is 1. The number of hydrogen-bond donors (Lipinski definition) is 0. The first-order valence-electron chi connectivity index (χ1n) is 11.3. The highest BCUT2D eigenvalue weighted by Gasteiger charge is 2.47. The number of ether oxygens (including phenoxy) is 1. The van der Waals surface area contributed by atoms with E-state index in [0.717, 1.165) is 16.7 Å². The number of likely N-dealkylation sites (N-methyl/N-ethyl adjacent to an activating group) is 1. The van der Waals surface area contributed by atoms with E-state index in [1.807, 2.05) is 36.4 Å². The summed E-state index contributed by atoms with van der Waals surface area (Å²) in [5, 5.41) is 0. The molecule has 0 spiro atoms. The van der Waals surface area contributed by atoms with Crippen LogP contribution in [0.1, 0.15) is 12.0 Å². The molecule has 2 atom stereocenters. The van der Waals surface area contributed by atoms with Crippen molar-refractivity contribution in [2.75, 3.05) is 47.4 Å². The molecule has 4 rings (SSSR count).